The third-order valence-electron chi connectivity index (χ3n) is 8.38. The zero-order valence-electron chi connectivity index (χ0n) is 24.2. The minimum Gasteiger partial charge on any atom is -0.493 e. The van der Waals surface area contributed by atoms with Crippen LogP contribution in [0.3, 0.4) is 0 Å². The number of benzene rings is 4. The number of ketones is 1. The molecular weight excluding hydrogens is 540 g/mol. The molecule has 0 saturated carbocycles. The number of hydrogen-bond donors (Lipinski definition) is 0. The van der Waals surface area contributed by atoms with Crippen molar-refractivity contribution in [3.63, 3.8) is 0 Å². The van der Waals surface area contributed by atoms with E-state index in [1.807, 2.05) is 42.5 Å². The smallest absolute Gasteiger partial charge is 0.312 e. The summed E-state index contributed by atoms with van der Waals surface area (Å²) in [4.78, 5) is 26.2. The monoisotopic (exact) mass is 572 g/mol. The molecule has 6 heteroatoms. The van der Waals surface area contributed by atoms with Gasteiger partial charge in [-0.2, -0.15) is 0 Å². The Hall–Kier alpha value is -4.84. The Balaban J connectivity index is 1.17. The summed E-state index contributed by atoms with van der Waals surface area (Å²) in [6, 6.07) is 25.5. The van der Waals surface area contributed by atoms with Crippen LogP contribution < -0.4 is 18.9 Å². The van der Waals surface area contributed by atoms with Gasteiger partial charge in [0.25, 0.3) is 0 Å². The van der Waals surface area contributed by atoms with E-state index in [0.717, 1.165) is 36.3 Å². The molecular formula is C37H32O6. The number of carbonyl (C=O) groups is 2. The largest absolute Gasteiger partial charge is 0.493 e. The number of hydrogen-bond acceptors (Lipinski definition) is 6. The lowest BCUT2D eigenvalue weighted by molar-refractivity contribution is -0.135. The number of rotatable bonds is 7. The number of fused-ring (bicyclic) bond motifs is 4. The summed E-state index contributed by atoms with van der Waals surface area (Å²) in [6.07, 6.45) is 3.55. The molecule has 3 aliphatic heterocycles. The molecule has 1 atom stereocenters. The summed E-state index contributed by atoms with van der Waals surface area (Å²) in [6.45, 7) is 5.50. The van der Waals surface area contributed by atoms with Crippen molar-refractivity contribution in [2.24, 2.45) is 0 Å². The van der Waals surface area contributed by atoms with Crippen molar-refractivity contribution in [3.05, 3.63) is 124 Å². The van der Waals surface area contributed by atoms with Gasteiger partial charge in [-0.3, -0.25) is 9.59 Å². The van der Waals surface area contributed by atoms with Gasteiger partial charge in [0.2, 0.25) is 5.78 Å². The van der Waals surface area contributed by atoms with Gasteiger partial charge in [0.15, 0.2) is 5.76 Å². The number of Topliss-reactive ketones (excluding diaryl/α,β-unsaturated/α-hetero) is 1. The van der Waals surface area contributed by atoms with Crippen LogP contribution in [0.2, 0.25) is 0 Å². The van der Waals surface area contributed by atoms with E-state index in [9.17, 15) is 9.59 Å². The van der Waals surface area contributed by atoms with Crippen molar-refractivity contribution in [1.29, 1.82) is 0 Å². The van der Waals surface area contributed by atoms with Gasteiger partial charge in [-0.1, -0.05) is 68.4 Å². The predicted octanol–water partition coefficient (Wildman–Crippen LogP) is 7.42. The highest BCUT2D eigenvalue weighted by molar-refractivity contribution is 6.15. The highest BCUT2D eigenvalue weighted by atomic mass is 16.5. The van der Waals surface area contributed by atoms with E-state index in [1.165, 1.54) is 16.7 Å². The quantitative estimate of drug-likeness (QED) is 0.130. The fourth-order valence-electron chi connectivity index (χ4n) is 6.07. The average Bonchev–Trinajstić information content (AvgIpc) is 3.61. The molecule has 0 amide bonds. The average molecular weight is 573 g/mol. The Morgan fingerprint density at radius 3 is 2.58 bits per heavy atom. The molecule has 0 spiro atoms. The van der Waals surface area contributed by atoms with Gasteiger partial charge in [-0.05, 0) is 58.5 Å². The van der Waals surface area contributed by atoms with Gasteiger partial charge >= 0.3 is 5.97 Å². The van der Waals surface area contributed by atoms with Gasteiger partial charge in [0.05, 0.1) is 25.2 Å². The lowest BCUT2D eigenvalue weighted by Gasteiger charge is -2.27. The molecule has 0 aromatic heterocycles. The van der Waals surface area contributed by atoms with Crippen LogP contribution in [0.4, 0.5) is 0 Å². The van der Waals surface area contributed by atoms with E-state index in [4.69, 9.17) is 18.9 Å². The van der Waals surface area contributed by atoms with E-state index >= 15 is 0 Å². The molecule has 4 aromatic carbocycles. The first-order chi connectivity index (χ1) is 20.9. The van der Waals surface area contributed by atoms with Gasteiger partial charge in [-0.15, -0.1) is 0 Å². The predicted molar refractivity (Wildman–Crippen MR) is 163 cm³/mol. The number of allylic oxidation sites excluding steroid dienone is 1. The molecule has 0 aliphatic carbocycles. The highest BCUT2D eigenvalue weighted by Crippen LogP contribution is 2.50. The lowest BCUT2D eigenvalue weighted by atomic mass is 9.84. The maximum atomic E-state index is 13.4. The second kappa shape index (κ2) is 11.1. The Labute approximate surface area is 250 Å². The number of carbonyl (C=O) groups excluding carboxylic acids is 2. The maximum absolute atomic E-state index is 13.4. The van der Waals surface area contributed by atoms with Crippen LogP contribution in [0.1, 0.15) is 75.8 Å². The van der Waals surface area contributed by atoms with Crippen molar-refractivity contribution in [3.8, 4) is 23.0 Å². The Morgan fingerprint density at radius 2 is 1.74 bits per heavy atom. The van der Waals surface area contributed by atoms with E-state index in [-0.39, 0.29) is 23.9 Å². The molecule has 0 unspecified atom stereocenters. The summed E-state index contributed by atoms with van der Waals surface area (Å²) in [5, 5.41) is 0. The minimum atomic E-state index is -0.392. The molecule has 0 bridgehead atoms. The molecule has 3 aliphatic rings. The van der Waals surface area contributed by atoms with E-state index in [1.54, 1.807) is 18.2 Å². The highest BCUT2D eigenvalue weighted by Gasteiger charge is 2.39. The van der Waals surface area contributed by atoms with Crippen molar-refractivity contribution < 1.29 is 28.5 Å². The van der Waals surface area contributed by atoms with Gasteiger partial charge < -0.3 is 18.9 Å². The van der Waals surface area contributed by atoms with Crippen LogP contribution in [0.5, 0.6) is 23.0 Å². The molecule has 3 heterocycles. The molecule has 0 radical (unpaired) electrons. The van der Waals surface area contributed by atoms with E-state index < -0.39 is 5.92 Å². The number of esters is 1. The van der Waals surface area contributed by atoms with Crippen molar-refractivity contribution >= 4 is 17.8 Å². The number of ether oxygens (including phenoxy) is 4. The Kier molecular flexibility index (Phi) is 6.98. The van der Waals surface area contributed by atoms with Gasteiger partial charge in [-0.25, -0.2) is 0 Å². The molecule has 0 N–H and O–H groups in total. The Bertz CT molecular complexity index is 1760. The summed E-state index contributed by atoms with van der Waals surface area (Å²) in [5.41, 5.74) is 6.55. The first kappa shape index (κ1) is 27.0. The molecule has 7 rings (SSSR count). The van der Waals surface area contributed by atoms with Crippen LogP contribution in [-0.4, -0.2) is 25.0 Å². The van der Waals surface area contributed by atoms with Crippen LogP contribution in [0, 0.1) is 0 Å². The third kappa shape index (κ3) is 5.18. The maximum Gasteiger partial charge on any atom is 0.312 e. The van der Waals surface area contributed by atoms with Crippen molar-refractivity contribution in [2.75, 3.05) is 13.2 Å². The number of para-hydroxylation sites is 1. The van der Waals surface area contributed by atoms with E-state index in [0.29, 0.717) is 40.9 Å². The van der Waals surface area contributed by atoms with Gasteiger partial charge in [0.1, 0.15) is 23.0 Å². The SMILES string of the molecule is CC(C)c1ccc(/C=C2\Oc3c(ccc4c3[C@@H](c3ccccc3OCCc3ccc5c(c3)CCO5)CC(=O)O4)C2=O)cc1. The third-order valence-corrected chi connectivity index (χ3v) is 8.38. The second-order valence-electron chi connectivity index (χ2n) is 11.5. The van der Waals surface area contributed by atoms with Crippen LogP contribution in [0.25, 0.3) is 6.08 Å². The van der Waals surface area contributed by atoms with Crippen LogP contribution >= 0.6 is 0 Å². The molecule has 0 fully saturated rings. The normalized spacial score (nSPS) is 17.7. The molecule has 216 valence electrons. The van der Waals surface area contributed by atoms with Gasteiger partial charge in [0, 0.05) is 29.9 Å². The minimum absolute atomic E-state index is 0.113. The standard InChI is InChI=1S/C37H32O6/c1-22(2)25-10-7-23(8-11-25)20-33-36(39)28-12-14-32-35(37(28)43-33)29(21-34(38)42-32)27-5-3-4-6-31(27)41-17-15-24-9-13-30-26(19-24)16-18-40-30/h3-14,19-20,22,29H,15-18,21H2,1-2H3/b33-20-/t29-/m1/s1. The topological polar surface area (TPSA) is 71.1 Å². The van der Waals surface area contributed by atoms with E-state index in [2.05, 4.69) is 38.1 Å². The zero-order valence-corrected chi connectivity index (χ0v) is 24.2. The first-order valence-electron chi connectivity index (χ1n) is 14.8. The summed E-state index contributed by atoms with van der Waals surface area (Å²) in [5.74, 6) is 2.27. The fraction of sp³-hybridized carbons (Fsp3) is 0.243. The summed E-state index contributed by atoms with van der Waals surface area (Å²) in [7, 11) is 0. The molecule has 0 saturated heterocycles. The molecule has 6 nitrogen and oxygen atoms in total. The summed E-state index contributed by atoms with van der Waals surface area (Å²) >= 11 is 0. The van der Waals surface area contributed by atoms with Crippen LogP contribution in [-0.2, 0) is 17.6 Å². The van der Waals surface area contributed by atoms with Crippen molar-refractivity contribution in [2.45, 2.75) is 44.9 Å². The van der Waals surface area contributed by atoms with Crippen LogP contribution in [0.15, 0.2) is 84.6 Å². The molecule has 4 aromatic rings. The summed E-state index contributed by atoms with van der Waals surface area (Å²) < 4.78 is 23.9. The Morgan fingerprint density at radius 1 is 0.930 bits per heavy atom. The zero-order chi connectivity index (χ0) is 29.5. The fourth-order valence-corrected chi connectivity index (χ4v) is 6.07. The second-order valence-corrected chi connectivity index (χ2v) is 11.5. The molecule has 43 heavy (non-hydrogen) atoms. The van der Waals surface area contributed by atoms with Crippen molar-refractivity contribution in [1.82, 2.24) is 0 Å². The first-order valence-corrected chi connectivity index (χ1v) is 14.8. The lowest BCUT2D eigenvalue weighted by Crippen LogP contribution is -2.22.